The number of carbonyl (C=O) groups excluding carboxylic acids is 1. The molecule has 2 rings (SSSR count). The van der Waals surface area contributed by atoms with E-state index in [2.05, 4.69) is 15.9 Å². The van der Waals surface area contributed by atoms with Crippen LogP contribution >= 0.6 is 15.9 Å². The molecule has 1 aromatic heterocycles. The van der Waals surface area contributed by atoms with Gasteiger partial charge in [0.2, 0.25) is 0 Å². The van der Waals surface area contributed by atoms with Crippen LogP contribution in [0.5, 0.6) is 0 Å². The zero-order valence-corrected chi connectivity index (χ0v) is 12.3. The van der Waals surface area contributed by atoms with E-state index >= 15 is 0 Å². The molecule has 0 aromatic carbocycles. The molecule has 0 saturated carbocycles. The summed E-state index contributed by atoms with van der Waals surface area (Å²) in [5.41, 5.74) is 0.439. The highest BCUT2D eigenvalue weighted by Crippen LogP contribution is 2.18. The molecule has 0 spiro atoms. The molecule has 1 aromatic rings. The van der Waals surface area contributed by atoms with Crippen LogP contribution in [-0.2, 0) is 9.84 Å². The van der Waals surface area contributed by atoms with E-state index in [4.69, 9.17) is 4.42 Å². The maximum atomic E-state index is 12.1. The van der Waals surface area contributed by atoms with Crippen LogP contribution in [0.25, 0.3) is 0 Å². The molecule has 0 aliphatic carbocycles. The Hall–Kier alpha value is -0.820. The van der Waals surface area contributed by atoms with Gasteiger partial charge in [0, 0.05) is 19.2 Å². The number of furan rings is 1. The lowest BCUT2D eigenvalue weighted by molar-refractivity contribution is 0.0766. The van der Waals surface area contributed by atoms with Crippen molar-refractivity contribution in [3.8, 4) is 0 Å². The van der Waals surface area contributed by atoms with Gasteiger partial charge in [0.15, 0.2) is 14.5 Å². The second-order valence-electron chi connectivity index (χ2n) is 4.40. The Kier molecular flexibility index (Phi) is 3.82. The van der Waals surface area contributed by atoms with Gasteiger partial charge >= 0.3 is 0 Å². The van der Waals surface area contributed by atoms with Crippen LogP contribution < -0.4 is 0 Å². The molecule has 1 fully saturated rings. The van der Waals surface area contributed by atoms with Gasteiger partial charge in [-0.15, -0.1) is 0 Å². The first-order valence-corrected chi connectivity index (χ1v) is 8.16. The highest BCUT2D eigenvalue weighted by Gasteiger charge is 2.29. The molecule has 1 aliphatic heterocycles. The van der Waals surface area contributed by atoms with Crippen molar-refractivity contribution < 1.29 is 17.6 Å². The molecule has 5 nitrogen and oxygen atoms in total. The summed E-state index contributed by atoms with van der Waals surface area (Å²) in [6, 6.07) is 1.59. The minimum atomic E-state index is -3.07. The molecule has 1 aliphatic rings. The van der Waals surface area contributed by atoms with Gasteiger partial charge in [-0.1, -0.05) is 0 Å². The van der Waals surface area contributed by atoms with Crippen LogP contribution in [0.4, 0.5) is 0 Å². The molecule has 1 amide bonds. The molecule has 0 bridgehead atoms. The van der Waals surface area contributed by atoms with E-state index in [1.54, 1.807) is 17.9 Å². The molecule has 0 radical (unpaired) electrons. The Morgan fingerprint density at radius 2 is 2.22 bits per heavy atom. The number of carbonyl (C=O) groups is 1. The van der Waals surface area contributed by atoms with E-state index in [0.29, 0.717) is 23.2 Å². The highest BCUT2D eigenvalue weighted by molar-refractivity contribution is 9.10. The number of nitrogens with zero attached hydrogens (tertiary/aromatic N) is 1. The summed E-state index contributed by atoms with van der Waals surface area (Å²) >= 11 is 3.13. The van der Waals surface area contributed by atoms with Crippen LogP contribution in [-0.4, -0.2) is 43.3 Å². The average Bonchev–Trinajstić information content (AvgIpc) is 2.69. The lowest BCUT2D eigenvalue weighted by Gasteiger charge is -2.18. The minimum Gasteiger partial charge on any atom is -0.457 e. The fraction of sp³-hybridized carbons (Fsp3) is 0.545. The Morgan fingerprint density at radius 1 is 1.50 bits per heavy atom. The fourth-order valence-corrected chi connectivity index (χ4v) is 3.56. The van der Waals surface area contributed by atoms with Gasteiger partial charge in [-0.2, -0.15) is 0 Å². The van der Waals surface area contributed by atoms with Crippen molar-refractivity contribution >= 4 is 31.7 Å². The summed E-state index contributed by atoms with van der Waals surface area (Å²) in [7, 11) is -3.07. The lowest BCUT2D eigenvalue weighted by Crippen LogP contribution is -2.33. The van der Waals surface area contributed by atoms with Crippen molar-refractivity contribution in [3.63, 3.8) is 0 Å². The third-order valence-corrected chi connectivity index (χ3v) is 5.80. The summed E-state index contributed by atoms with van der Waals surface area (Å²) in [5.74, 6) is -0.160. The van der Waals surface area contributed by atoms with Crippen molar-refractivity contribution in [2.75, 3.05) is 18.8 Å². The Bertz CT molecular complexity index is 551. The standard InChI is InChI=1S/C11H14BrNO4S/c1-8-2-3-13(4-5-18(8,15)16)11(14)9-6-10(12)17-7-9/h6-8H,2-5H2,1H3. The monoisotopic (exact) mass is 335 g/mol. The molecule has 18 heavy (non-hydrogen) atoms. The van der Waals surface area contributed by atoms with E-state index in [-0.39, 0.29) is 23.5 Å². The highest BCUT2D eigenvalue weighted by atomic mass is 79.9. The number of hydrogen-bond donors (Lipinski definition) is 0. The SMILES string of the molecule is CC1CCN(C(=O)c2coc(Br)c2)CCS1(=O)=O. The molecule has 1 unspecified atom stereocenters. The fourth-order valence-electron chi connectivity index (χ4n) is 1.88. The maximum absolute atomic E-state index is 12.1. The van der Waals surface area contributed by atoms with Gasteiger partial charge in [0.25, 0.3) is 5.91 Å². The lowest BCUT2D eigenvalue weighted by atomic mass is 10.2. The summed E-state index contributed by atoms with van der Waals surface area (Å²) in [4.78, 5) is 13.7. The zero-order chi connectivity index (χ0) is 13.3. The van der Waals surface area contributed by atoms with Gasteiger partial charge in [0.05, 0.1) is 16.6 Å². The molecule has 1 atom stereocenters. The first-order chi connectivity index (χ1) is 8.40. The van der Waals surface area contributed by atoms with Gasteiger partial charge in [0.1, 0.15) is 6.26 Å². The van der Waals surface area contributed by atoms with E-state index in [9.17, 15) is 13.2 Å². The Balaban J connectivity index is 2.13. The Morgan fingerprint density at radius 3 is 2.83 bits per heavy atom. The molecular formula is C11H14BrNO4S. The van der Waals surface area contributed by atoms with Crippen molar-refractivity contribution in [2.45, 2.75) is 18.6 Å². The molecular weight excluding hydrogens is 322 g/mol. The van der Waals surface area contributed by atoms with Gasteiger partial charge in [-0.3, -0.25) is 4.79 Å². The summed E-state index contributed by atoms with van der Waals surface area (Å²) < 4.78 is 29.0. The molecule has 1 saturated heterocycles. The van der Waals surface area contributed by atoms with Crippen molar-refractivity contribution in [1.82, 2.24) is 4.90 Å². The first kappa shape index (κ1) is 13.6. The topological polar surface area (TPSA) is 67.6 Å². The number of amides is 1. The first-order valence-electron chi connectivity index (χ1n) is 5.65. The summed E-state index contributed by atoms with van der Waals surface area (Å²) in [5, 5.41) is -0.383. The molecule has 2 heterocycles. The van der Waals surface area contributed by atoms with E-state index in [0.717, 1.165) is 0 Å². The van der Waals surface area contributed by atoms with Gasteiger partial charge in [-0.25, -0.2) is 8.42 Å². The predicted octanol–water partition coefficient (Wildman–Crippen LogP) is 1.69. The van der Waals surface area contributed by atoms with Crippen LogP contribution in [0, 0.1) is 0 Å². The predicted molar refractivity (Wildman–Crippen MR) is 70.2 cm³/mol. The number of sulfone groups is 1. The second-order valence-corrected chi connectivity index (χ2v) is 7.72. The van der Waals surface area contributed by atoms with Crippen molar-refractivity contribution in [1.29, 1.82) is 0 Å². The molecule has 100 valence electrons. The van der Waals surface area contributed by atoms with Crippen molar-refractivity contribution in [2.24, 2.45) is 0 Å². The zero-order valence-electron chi connectivity index (χ0n) is 9.93. The molecule has 7 heteroatoms. The normalized spacial score (nSPS) is 23.7. The smallest absolute Gasteiger partial charge is 0.257 e. The second kappa shape index (κ2) is 5.05. The minimum absolute atomic E-state index is 0.0267. The number of rotatable bonds is 1. The third kappa shape index (κ3) is 2.77. The summed E-state index contributed by atoms with van der Waals surface area (Å²) in [6.07, 6.45) is 1.85. The van der Waals surface area contributed by atoms with E-state index in [1.165, 1.54) is 6.26 Å². The number of hydrogen-bond acceptors (Lipinski definition) is 4. The quantitative estimate of drug-likeness (QED) is 0.783. The molecule has 0 N–H and O–H groups in total. The van der Waals surface area contributed by atoms with E-state index < -0.39 is 9.84 Å². The van der Waals surface area contributed by atoms with Crippen LogP contribution in [0.2, 0.25) is 0 Å². The Labute approximate surface area is 114 Å². The van der Waals surface area contributed by atoms with Crippen LogP contribution in [0.1, 0.15) is 23.7 Å². The van der Waals surface area contributed by atoms with Gasteiger partial charge in [-0.05, 0) is 29.3 Å². The summed E-state index contributed by atoms with van der Waals surface area (Å²) in [6.45, 7) is 2.40. The van der Waals surface area contributed by atoms with Crippen LogP contribution in [0.3, 0.4) is 0 Å². The maximum Gasteiger partial charge on any atom is 0.257 e. The largest absolute Gasteiger partial charge is 0.457 e. The van der Waals surface area contributed by atoms with Crippen LogP contribution in [0.15, 0.2) is 21.4 Å². The average molecular weight is 336 g/mol. The number of halogens is 1. The van der Waals surface area contributed by atoms with E-state index in [1.807, 2.05) is 0 Å². The third-order valence-electron chi connectivity index (χ3n) is 3.17. The van der Waals surface area contributed by atoms with Crippen molar-refractivity contribution in [3.05, 3.63) is 22.6 Å². The van der Waals surface area contributed by atoms with Gasteiger partial charge < -0.3 is 9.32 Å².